The lowest BCUT2D eigenvalue weighted by Gasteiger charge is -2.18. The van der Waals surface area contributed by atoms with Crippen molar-refractivity contribution in [1.29, 1.82) is 0 Å². The van der Waals surface area contributed by atoms with Gasteiger partial charge in [0.25, 0.3) is 0 Å². The first kappa shape index (κ1) is 14.6. The Morgan fingerprint density at radius 1 is 1.18 bits per heavy atom. The lowest BCUT2D eigenvalue weighted by molar-refractivity contribution is 0.635. The van der Waals surface area contributed by atoms with Gasteiger partial charge in [0, 0.05) is 16.2 Å². The van der Waals surface area contributed by atoms with E-state index in [0.29, 0.717) is 11.2 Å². The Morgan fingerprint density at radius 2 is 1.82 bits per heavy atom. The fourth-order valence-electron chi connectivity index (χ4n) is 1.55. The Bertz CT molecular complexity index is 335. The third kappa shape index (κ3) is 4.72. The van der Waals surface area contributed by atoms with E-state index in [1.165, 1.54) is 10.5 Å². The van der Waals surface area contributed by atoms with Crippen LogP contribution in [0.5, 0.6) is 0 Å². The van der Waals surface area contributed by atoms with Gasteiger partial charge in [-0.3, -0.25) is 0 Å². The van der Waals surface area contributed by atoms with Gasteiger partial charge in [0.2, 0.25) is 0 Å². The molecule has 0 saturated heterocycles. The molecule has 2 atom stereocenters. The average Bonchev–Trinajstić information content (AvgIpc) is 2.31. The monoisotopic (exact) mass is 251 g/mol. The van der Waals surface area contributed by atoms with Crippen molar-refractivity contribution in [2.45, 2.75) is 56.7 Å². The van der Waals surface area contributed by atoms with Gasteiger partial charge in [0.05, 0.1) is 0 Å². The summed E-state index contributed by atoms with van der Waals surface area (Å²) < 4.78 is 0. The highest BCUT2D eigenvalue weighted by molar-refractivity contribution is 8.00. The number of rotatable bonds is 6. The molecule has 0 fully saturated rings. The molecule has 2 unspecified atom stereocenters. The summed E-state index contributed by atoms with van der Waals surface area (Å²) in [4.78, 5) is 1.40. The lowest BCUT2D eigenvalue weighted by Crippen LogP contribution is -2.21. The highest BCUT2D eigenvalue weighted by Crippen LogP contribution is 2.30. The molecule has 0 aliphatic heterocycles. The summed E-state index contributed by atoms with van der Waals surface area (Å²) in [6.45, 7) is 9.00. The maximum Gasteiger partial charge on any atom is 0.0107 e. The van der Waals surface area contributed by atoms with Crippen LogP contribution in [0.25, 0.3) is 0 Å². The van der Waals surface area contributed by atoms with Crippen molar-refractivity contribution in [2.24, 2.45) is 11.7 Å². The molecule has 1 rings (SSSR count). The second kappa shape index (κ2) is 7.07. The summed E-state index contributed by atoms with van der Waals surface area (Å²) in [6, 6.07) is 8.95. The molecule has 2 heteroatoms. The Kier molecular flexibility index (Phi) is 6.07. The van der Waals surface area contributed by atoms with Crippen molar-refractivity contribution in [3.8, 4) is 0 Å². The van der Waals surface area contributed by atoms with Crippen LogP contribution in [0.3, 0.4) is 0 Å². The molecule has 0 aliphatic rings. The molecule has 96 valence electrons. The van der Waals surface area contributed by atoms with Gasteiger partial charge in [-0.05, 0) is 30.4 Å². The van der Waals surface area contributed by atoms with Crippen LogP contribution in [-0.2, 0) is 6.42 Å². The van der Waals surface area contributed by atoms with Crippen LogP contribution >= 0.6 is 11.8 Å². The molecular formula is C15H25NS. The van der Waals surface area contributed by atoms with Crippen molar-refractivity contribution >= 4 is 11.8 Å². The second-order valence-electron chi connectivity index (χ2n) is 5.05. The van der Waals surface area contributed by atoms with Crippen LogP contribution in [0, 0.1) is 5.92 Å². The standard InChI is InChI=1S/C15H25NS/c1-5-14(16)10-13-8-6-7-9-15(13)17-12(4)11(2)3/h6-9,11-12,14H,5,10,16H2,1-4H3. The van der Waals surface area contributed by atoms with Crippen LogP contribution in [0.15, 0.2) is 29.2 Å². The fraction of sp³-hybridized carbons (Fsp3) is 0.600. The molecule has 2 N–H and O–H groups in total. The van der Waals surface area contributed by atoms with E-state index in [1.807, 2.05) is 11.8 Å². The largest absolute Gasteiger partial charge is 0.327 e. The number of hydrogen-bond acceptors (Lipinski definition) is 2. The predicted octanol–water partition coefficient (Wildman–Crippen LogP) is 4.10. The molecule has 0 amide bonds. The van der Waals surface area contributed by atoms with E-state index in [2.05, 4.69) is 52.0 Å². The van der Waals surface area contributed by atoms with E-state index >= 15 is 0 Å². The SMILES string of the molecule is CCC(N)Cc1ccccc1SC(C)C(C)C. The highest BCUT2D eigenvalue weighted by Gasteiger charge is 2.12. The summed E-state index contributed by atoms with van der Waals surface area (Å²) in [5.41, 5.74) is 7.46. The first-order valence-electron chi connectivity index (χ1n) is 6.54. The van der Waals surface area contributed by atoms with Crippen molar-refractivity contribution in [1.82, 2.24) is 0 Å². The number of thioether (sulfide) groups is 1. The molecule has 0 saturated carbocycles. The molecule has 1 aromatic carbocycles. The summed E-state index contributed by atoms with van der Waals surface area (Å²) in [7, 11) is 0. The summed E-state index contributed by atoms with van der Waals surface area (Å²) in [5.74, 6) is 0.702. The Balaban J connectivity index is 2.77. The van der Waals surface area contributed by atoms with Gasteiger partial charge in [-0.15, -0.1) is 11.8 Å². The highest BCUT2D eigenvalue weighted by atomic mass is 32.2. The normalized spacial score (nSPS) is 14.9. The van der Waals surface area contributed by atoms with E-state index in [9.17, 15) is 0 Å². The van der Waals surface area contributed by atoms with E-state index < -0.39 is 0 Å². The zero-order valence-corrected chi connectivity index (χ0v) is 12.3. The maximum absolute atomic E-state index is 6.06. The zero-order chi connectivity index (χ0) is 12.8. The second-order valence-corrected chi connectivity index (χ2v) is 6.47. The number of benzene rings is 1. The Labute approximate surface area is 110 Å². The number of hydrogen-bond donors (Lipinski definition) is 1. The van der Waals surface area contributed by atoms with E-state index in [1.54, 1.807) is 0 Å². The molecule has 0 spiro atoms. The van der Waals surface area contributed by atoms with Gasteiger partial charge in [-0.25, -0.2) is 0 Å². The minimum atomic E-state index is 0.283. The van der Waals surface area contributed by atoms with Gasteiger partial charge in [0.15, 0.2) is 0 Å². The van der Waals surface area contributed by atoms with Gasteiger partial charge in [-0.1, -0.05) is 45.9 Å². The smallest absolute Gasteiger partial charge is 0.0107 e. The van der Waals surface area contributed by atoms with Gasteiger partial charge in [0.1, 0.15) is 0 Å². The van der Waals surface area contributed by atoms with Crippen molar-refractivity contribution in [3.05, 3.63) is 29.8 Å². The average molecular weight is 251 g/mol. The molecule has 0 heterocycles. The zero-order valence-electron chi connectivity index (χ0n) is 11.4. The molecule has 0 aromatic heterocycles. The van der Waals surface area contributed by atoms with E-state index in [0.717, 1.165) is 12.8 Å². The molecule has 0 bridgehead atoms. The van der Waals surface area contributed by atoms with Crippen LogP contribution < -0.4 is 5.73 Å². The summed E-state index contributed by atoms with van der Waals surface area (Å²) in [6.07, 6.45) is 2.03. The van der Waals surface area contributed by atoms with Crippen LogP contribution in [0.4, 0.5) is 0 Å². The fourth-order valence-corrected chi connectivity index (χ4v) is 2.68. The molecule has 1 nitrogen and oxygen atoms in total. The molecule has 17 heavy (non-hydrogen) atoms. The van der Waals surface area contributed by atoms with Crippen molar-refractivity contribution in [2.75, 3.05) is 0 Å². The van der Waals surface area contributed by atoms with Crippen LogP contribution in [0.2, 0.25) is 0 Å². The quantitative estimate of drug-likeness (QED) is 0.770. The van der Waals surface area contributed by atoms with Crippen LogP contribution in [0.1, 0.15) is 39.7 Å². The van der Waals surface area contributed by atoms with Gasteiger partial charge in [-0.2, -0.15) is 0 Å². The molecule has 0 radical (unpaired) electrons. The third-order valence-corrected chi connectivity index (χ3v) is 4.80. The summed E-state index contributed by atoms with van der Waals surface area (Å²) in [5, 5.41) is 0.647. The lowest BCUT2D eigenvalue weighted by atomic mass is 10.1. The van der Waals surface area contributed by atoms with Gasteiger partial charge < -0.3 is 5.73 Å². The predicted molar refractivity (Wildman–Crippen MR) is 78.6 cm³/mol. The van der Waals surface area contributed by atoms with Crippen LogP contribution in [-0.4, -0.2) is 11.3 Å². The van der Waals surface area contributed by atoms with E-state index in [-0.39, 0.29) is 6.04 Å². The van der Waals surface area contributed by atoms with Crippen molar-refractivity contribution in [3.63, 3.8) is 0 Å². The third-order valence-electron chi connectivity index (χ3n) is 3.23. The Hall–Kier alpha value is -0.470. The molecule has 1 aromatic rings. The van der Waals surface area contributed by atoms with E-state index in [4.69, 9.17) is 5.73 Å². The minimum Gasteiger partial charge on any atom is -0.327 e. The van der Waals surface area contributed by atoms with Crippen molar-refractivity contribution < 1.29 is 0 Å². The topological polar surface area (TPSA) is 26.0 Å². The first-order valence-corrected chi connectivity index (χ1v) is 7.42. The van der Waals surface area contributed by atoms with Gasteiger partial charge >= 0.3 is 0 Å². The first-order chi connectivity index (χ1) is 8.04. The summed E-state index contributed by atoms with van der Waals surface area (Å²) >= 11 is 1.98. The molecule has 0 aliphatic carbocycles. The number of nitrogens with two attached hydrogens (primary N) is 1. The molecular weight excluding hydrogens is 226 g/mol. The maximum atomic E-state index is 6.06. The Morgan fingerprint density at radius 3 is 2.41 bits per heavy atom. The minimum absolute atomic E-state index is 0.283.